The molecule has 2 fully saturated rings. The van der Waals surface area contributed by atoms with Crippen LogP contribution in [-0.2, 0) is 5.54 Å². The van der Waals surface area contributed by atoms with E-state index in [0.717, 1.165) is 24.7 Å². The highest BCUT2D eigenvalue weighted by Crippen LogP contribution is 2.42. The highest BCUT2D eigenvalue weighted by atomic mass is 16.5. The summed E-state index contributed by atoms with van der Waals surface area (Å²) in [5.41, 5.74) is 0.390. The van der Waals surface area contributed by atoms with Crippen molar-refractivity contribution in [1.29, 1.82) is 0 Å². The van der Waals surface area contributed by atoms with Crippen molar-refractivity contribution < 1.29 is 4.52 Å². The zero-order valence-corrected chi connectivity index (χ0v) is 12.3. The number of hydrogen-bond acceptors (Lipinski definition) is 4. The molecule has 0 amide bonds. The van der Waals surface area contributed by atoms with Gasteiger partial charge in [-0.2, -0.15) is 4.98 Å². The van der Waals surface area contributed by atoms with Crippen LogP contribution in [0.1, 0.15) is 76.9 Å². The number of nitrogens with one attached hydrogen (secondary N) is 1. The van der Waals surface area contributed by atoms with Gasteiger partial charge in [-0.15, -0.1) is 0 Å². The van der Waals surface area contributed by atoms with Crippen LogP contribution < -0.4 is 5.32 Å². The molecule has 19 heavy (non-hydrogen) atoms. The molecule has 1 aliphatic heterocycles. The minimum Gasteiger partial charge on any atom is -0.337 e. The summed E-state index contributed by atoms with van der Waals surface area (Å²) in [6.07, 6.45) is 7.18. The van der Waals surface area contributed by atoms with Crippen LogP contribution in [0, 0.1) is 5.41 Å². The summed E-state index contributed by atoms with van der Waals surface area (Å²) in [7, 11) is 0. The van der Waals surface area contributed by atoms with E-state index >= 15 is 0 Å². The summed E-state index contributed by atoms with van der Waals surface area (Å²) < 4.78 is 5.53. The second-order valence-electron chi connectivity index (χ2n) is 7.26. The average Bonchev–Trinajstić information content (AvgIpc) is 2.98. The van der Waals surface area contributed by atoms with Gasteiger partial charge in [0.2, 0.25) is 5.89 Å². The Morgan fingerprint density at radius 1 is 1.16 bits per heavy atom. The molecule has 4 heteroatoms. The molecular weight excluding hydrogens is 238 g/mol. The second kappa shape index (κ2) is 4.58. The van der Waals surface area contributed by atoms with E-state index in [1.807, 2.05) is 0 Å². The number of nitrogens with zero attached hydrogens (tertiary/aromatic N) is 2. The molecule has 0 bridgehead atoms. The lowest BCUT2D eigenvalue weighted by atomic mass is 9.73. The van der Waals surface area contributed by atoms with E-state index < -0.39 is 0 Å². The topological polar surface area (TPSA) is 51.0 Å². The lowest BCUT2D eigenvalue weighted by Gasteiger charge is -2.32. The first kappa shape index (κ1) is 13.1. The second-order valence-corrected chi connectivity index (χ2v) is 7.26. The van der Waals surface area contributed by atoms with Crippen LogP contribution in [0.3, 0.4) is 0 Å². The van der Waals surface area contributed by atoms with Gasteiger partial charge in [-0.25, -0.2) is 0 Å². The van der Waals surface area contributed by atoms with Gasteiger partial charge in [-0.05, 0) is 57.4 Å². The van der Waals surface area contributed by atoms with Gasteiger partial charge in [0, 0.05) is 5.92 Å². The van der Waals surface area contributed by atoms with Gasteiger partial charge in [-0.3, -0.25) is 0 Å². The van der Waals surface area contributed by atoms with E-state index in [0.29, 0.717) is 11.3 Å². The highest BCUT2D eigenvalue weighted by Gasteiger charge is 2.37. The average molecular weight is 263 g/mol. The first-order valence-corrected chi connectivity index (χ1v) is 7.58. The smallest absolute Gasteiger partial charge is 0.246 e. The van der Waals surface area contributed by atoms with Gasteiger partial charge in [0.05, 0.1) is 5.54 Å². The standard InChI is InChI=1S/C15H25N3O/c1-14(2)8-5-11(6-9-14)12-17-13(19-18-12)15(3)7-4-10-16-15/h11,16H,4-10H2,1-3H3. The van der Waals surface area contributed by atoms with Crippen molar-refractivity contribution in [3.05, 3.63) is 11.7 Å². The molecule has 1 aliphatic carbocycles. The molecule has 1 saturated heterocycles. The Hall–Kier alpha value is -0.900. The van der Waals surface area contributed by atoms with E-state index in [1.165, 1.54) is 32.1 Å². The van der Waals surface area contributed by atoms with E-state index in [4.69, 9.17) is 9.51 Å². The van der Waals surface area contributed by atoms with Crippen molar-refractivity contribution in [3.8, 4) is 0 Å². The van der Waals surface area contributed by atoms with Crippen molar-refractivity contribution in [2.45, 2.75) is 70.8 Å². The Morgan fingerprint density at radius 2 is 1.89 bits per heavy atom. The molecule has 1 saturated carbocycles. The summed E-state index contributed by atoms with van der Waals surface area (Å²) in [6.45, 7) is 7.93. The third-order valence-corrected chi connectivity index (χ3v) is 4.99. The van der Waals surface area contributed by atoms with Crippen molar-refractivity contribution >= 4 is 0 Å². The Bertz CT molecular complexity index is 436. The van der Waals surface area contributed by atoms with Crippen LogP contribution in [0.2, 0.25) is 0 Å². The van der Waals surface area contributed by atoms with E-state index in [1.54, 1.807) is 0 Å². The summed E-state index contributed by atoms with van der Waals surface area (Å²) in [5, 5.41) is 7.73. The zero-order chi connectivity index (χ0) is 13.5. The third kappa shape index (κ3) is 2.55. The Labute approximate surface area is 115 Å². The maximum Gasteiger partial charge on any atom is 0.246 e. The lowest BCUT2D eigenvalue weighted by Crippen LogP contribution is -2.33. The largest absolute Gasteiger partial charge is 0.337 e. The molecule has 1 unspecified atom stereocenters. The number of aromatic nitrogens is 2. The molecule has 0 aromatic carbocycles. The molecule has 1 aromatic rings. The fraction of sp³-hybridized carbons (Fsp3) is 0.867. The maximum atomic E-state index is 5.53. The minimum absolute atomic E-state index is 0.0980. The molecular formula is C15H25N3O. The predicted molar refractivity (Wildman–Crippen MR) is 73.9 cm³/mol. The molecule has 1 aromatic heterocycles. The first-order valence-electron chi connectivity index (χ1n) is 7.58. The van der Waals surface area contributed by atoms with Crippen LogP contribution in [0.15, 0.2) is 4.52 Å². The molecule has 2 heterocycles. The Balaban J connectivity index is 1.72. The first-order chi connectivity index (χ1) is 8.99. The molecule has 1 atom stereocenters. The predicted octanol–water partition coefficient (Wildman–Crippen LogP) is 3.35. The Morgan fingerprint density at radius 3 is 2.53 bits per heavy atom. The van der Waals surface area contributed by atoms with Gasteiger partial charge < -0.3 is 9.84 Å². The molecule has 106 valence electrons. The molecule has 1 N–H and O–H groups in total. The normalized spacial score (nSPS) is 31.7. The van der Waals surface area contributed by atoms with Crippen molar-refractivity contribution in [2.24, 2.45) is 5.41 Å². The molecule has 3 rings (SSSR count). The molecule has 4 nitrogen and oxygen atoms in total. The van der Waals surface area contributed by atoms with Gasteiger partial charge in [-0.1, -0.05) is 19.0 Å². The number of rotatable bonds is 2. The Kier molecular flexibility index (Phi) is 3.16. The fourth-order valence-electron chi connectivity index (χ4n) is 3.36. The van der Waals surface area contributed by atoms with Gasteiger partial charge in [0.25, 0.3) is 0 Å². The lowest BCUT2D eigenvalue weighted by molar-refractivity contribution is 0.218. The van der Waals surface area contributed by atoms with Crippen LogP contribution in [0.25, 0.3) is 0 Å². The quantitative estimate of drug-likeness (QED) is 0.889. The summed E-state index contributed by atoms with van der Waals surface area (Å²) in [5.74, 6) is 2.21. The van der Waals surface area contributed by atoms with Crippen LogP contribution in [0.4, 0.5) is 0 Å². The minimum atomic E-state index is -0.0980. The van der Waals surface area contributed by atoms with Crippen LogP contribution in [-0.4, -0.2) is 16.7 Å². The zero-order valence-electron chi connectivity index (χ0n) is 12.3. The van der Waals surface area contributed by atoms with Gasteiger partial charge >= 0.3 is 0 Å². The van der Waals surface area contributed by atoms with E-state index in [-0.39, 0.29) is 5.54 Å². The number of hydrogen-bond donors (Lipinski definition) is 1. The van der Waals surface area contributed by atoms with E-state index in [2.05, 4.69) is 31.2 Å². The summed E-state index contributed by atoms with van der Waals surface area (Å²) in [4.78, 5) is 4.70. The van der Waals surface area contributed by atoms with Gasteiger partial charge in [0.1, 0.15) is 0 Å². The SMILES string of the molecule is CC1(C)CCC(c2noc(C3(C)CCCN3)n2)CC1. The fourth-order valence-corrected chi connectivity index (χ4v) is 3.36. The van der Waals surface area contributed by atoms with Crippen molar-refractivity contribution in [2.75, 3.05) is 6.54 Å². The van der Waals surface area contributed by atoms with Crippen LogP contribution >= 0.6 is 0 Å². The molecule has 2 aliphatic rings. The van der Waals surface area contributed by atoms with Crippen molar-refractivity contribution in [1.82, 2.24) is 15.5 Å². The highest BCUT2D eigenvalue weighted by molar-refractivity contribution is 5.07. The molecule has 0 spiro atoms. The summed E-state index contributed by atoms with van der Waals surface area (Å²) >= 11 is 0. The van der Waals surface area contributed by atoms with Crippen LogP contribution in [0.5, 0.6) is 0 Å². The summed E-state index contributed by atoms with van der Waals surface area (Å²) in [6, 6.07) is 0. The van der Waals surface area contributed by atoms with E-state index in [9.17, 15) is 0 Å². The van der Waals surface area contributed by atoms with Crippen molar-refractivity contribution in [3.63, 3.8) is 0 Å². The monoisotopic (exact) mass is 263 g/mol. The maximum absolute atomic E-state index is 5.53. The molecule has 0 radical (unpaired) electrons. The van der Waals surface area contributed by atoms with Gasteiger partial charge in [0.15, 0.2) is 5.82 Å². The third-order valence-electron chi connectivity index (χ3n) is 4.99.